The summed E-state index contributed by atoms with van der Waals surface area (Å²) in [6, 6.07) is 12.7. The van der Waals surface area contributed by atoms with Crippen molar-refractivity contribution >= 4 is 37.3 Å². The summed E-state index contributed by atoms with van der Waals surface area (Å²) >= 11 is 0. The highest BCUT2D eigenvalue weighted by Crippen LogP contribution is 2.22. The molecule has 146 valence electrons. The van der Waals surface area contributed by atoms with Crippen molar-refractivity contribution in [1.29, 1.82) is 10.7 Å². The maximum atomic E-state index is 12.7. The van der Waals surface area contributed by atoms with Crippen molar-refractivity contribution in [2.45, 2.75) is 16.7 Å². The van der Waals surface area contributed by atoms with Crippen LogP contribution >= 0.6 is 0 Å². The number of hydrogen-bond donors (Lipinski definition) is 4. The molecule has 0 radical (unpaired) electrons. The van der Waals surface area contributed by atoms with E-state index >= 15 is 0 Å². The Kier molecular flexibility index (Phi) is 6.14. The molecule has 0 saturated heterocycles. The fourth-order valence-electron chi connectivity index (χ4n) is 2.07. The molecule has 0 amide bonds. The van der Waals surface area contributed by atoms with Crippen LogP contribution in [0, 0.1) is 23.7 Å². The number of aryl methyl sites for hydroxylation is 1. The first-order valence-corrected chi connectivity index (χ1v) is 10.6. The molecule has 0 fully saturated rings. The zero-order valence-electron chi connectivity index (χ0n) is 14.5. The lowest BCUT2D eigenvalue weighted by Crippen LogP contribution is -2.31. The van der Waals surface area contributed by atoms with Gasteiger partial charge in [-0.1, -0.05) is 24.3 Å². The number of nitrogens with one attached hydrogen (secondary N) is 3. The number of anilines is 1. The fourth-order valence-corrected chi connectivity index (χ4v) is 5.23. The second-order valence-electron chi connectivity index (χ2n) is 5.50. The van der Waals surface area contributed by atoms with Crippen molar-refractivity contribution in [3.63, 3.8) is 0 Å². The first-order valence-electron chi connectivity index (χ1n) is 7.59. The van der Waals surface area contributed by atoms with Crippen LogP contribution < -0.4 is 15.3 Å². The Morgan fingerprint density at radius 2 is 1.79 bits per heavy atom. The Hall–Kier alpha value is -3.27. The molecule has 0 heterocycles. The minimum absolute atomic E-state index is 0.108. The molecule has 2 aromatic carbocycles. The van der Waals surface area contributed by atoms with Crippen LogP contribution in [0.3, 0.4) is 0 Å². The topological polar surface area (TPSA) is 178 Å². The lowest BCUT2D eigenvalue weighted by molar-refractivity contribution is 0.577. The van der Waals surface area contributed by atoms with Crippen molar-refractivity contribution in [1.82, 2.24) is 4.13 Å². The van der Waals surface area contributed by atoms with Gasteiger partial charge >= 0.3 is 0 Å². The minimum atomic E-state index is -4.52. The summed E-state index contributed by atoms with van der Waals surface area (Å²) < 4.78 is 51.9. The van der Waals surface area contributed by atoms with Crippen molar-refractivity contribution in [3.05, 3.63) is 54.1 Å². The lowest BCUT2D eigenvalue weighted by atomic mass is 10.2. The van der Waals surface area contributed by atoms with E-state index in [1.807, 2.05) is 0 Å². The number of amidine groups is 1. The molecule has 0 aliphatic rings. The van der Waals surface area contributed by atoms with Gasteiger partial charge in [0, 0.05) is 0 Å². The maximum Gasteiger partial charge on any atom is 0.255 e. The van der Waals surface area contributed by atoms with Crippen molar-refractivity contribution in [2.75, 3.05) is 5.43 Å². The standard InChI is InChI=1S/C16H16N6O4S2/c1-11-5-4-6-12(9-11)27(23,24)22-28(25,26)15-8-3-2-7-13(15)20-21-14(10-17)16(18)19/h2-9,20,22H,1H3,(H3,18,19)/b21-14+. The second kappa shape index (κ2) is 8.17. The van der Waals surface area contributed by atoms with Gasteiger partial charge in [-0.3, -0.25) is 10.8 Å². The number of sulfonamides is 2. The van der Waals surface area contributed by atoms with Crippen LogP contribution in [0.2, 0.25) is 0 Å². The number of nitrogens with two attached hydrogens (primary N) is 1. The molecule has 0 aromatic heterocycles. The van der Waals surface area contributed by atoms with E-state index in [9.17, 15) is 16.8 Å². The molecule has 0 atom stereocenters. The summed E-state index contributed by atoms with van der Waals surface area (Å²) in [6.07, 6.45) is 0. The van der Waals surface area contributed by atoms with Crippen LogP contribution in [0.1, 0.15) is 5.56 Å². The van der Waals surface area contributed by atoms with Gasteiger partial charge in [-0.25, -0.2) is 16.8 Å². The molecular formula is C16H16N6O4S2. The second-order valence-corrected chi connectivity index (χ2v) is 9.09. The van der Waals surface area contributed by atoms with Crippen LogP contribution in [0.25, 0.3) is 0 Å². The van der Waals surface area contributed by atoms with Crippen molar-refractivity contribution in [2.24, 2.45) is 10.8 Å². The number of nitriles is 1. The van der Waals surface area contributed by atoms with Gasteiger partial charge in [-0.2, -0.15) is 10.4 Å². The van der Waals surface area contributed by atoms with E-state index < -0.39 is 36.5 Å². The molecule has 12 heteroatoms. The first-order chi connectivity index (χ1) is 13.1. The van der Waals surface area contributed by atoms with E-state index in [1.165, 1.54) is 36.4 Å². The summed E-state index contributed by atoms with van der Waals surface area (Å²) in [5, 5.41) is 19.6. The normalized spacial score (nSPS) is 12.2. The Morgan fingerprint density at radius 3 is 2.39 bits per heavy atom. The summed E-state index contributed by atoms with van der Waals surface area (Å²) in [6.45, 7) is 1.67. The molecule has 0 unspecified atom stereocenters. The summed E-state index contributed by atoms with van der Waals surface area (Å²) in [4.78, 5) is -0.626. The van der Waals surface area contributed by atoms with Crippen LogP contribution in [0.15, 0.2) is 63.4 Å². The van der Waals surface area contributed by atoms with Gasteiger partial charge in [0.05, 0.1) is 10.6 Å². The van der Waals surface area contributed by atoms with Crippen LogP contribution in [-0.4, -0.2) is 28.4 Å². The average Bonchev–Trinajstić information content (AvgIpc) is 2.61. The zero-order chi connectivity index (χ0) is 20.9. The van der Waals surface area contributed by atoms with Gasteiger partial charge < -0.3 is 5.73 Å². The van der Waals surface area contributed by atoms with E-state index in [-0.39, 0.29) is 10.6 Å². The van der Waals surface area contributed by atoms with E-state index in [0.29, 0.717) is 5.56 Å². The number of rotatable bonds is 7. The fraction of sp³-hybridized carbons (Fsp3) is 0.0625. The number of hydrogen-bond acceptors (Lipinski definition) is 8. The molecule has 0 saturated carbocycles. The van der Waals surface area contributed by atoms with Gasteiger partial charge in [0.15, 0.2) is 5.84 Å². The Morgan fingerprint density at radius 1 is 1.11 bits per heavy atom. The van der Waals surface area contributed by atoms with E-state index in [4.69, 9.17) is 16.4 Å². The van der Waals surface area contributed by atoms with E-state index in [1.54, 1.807) is 23.2 Å². The highest BCUT2D eigenvalue weighted by atomic mass is 32.3. The van der Waals surface area contributed by atoms with Crippen LogP contribution in [0.4, 0.5) is 5.69 Å². The average molecular weight is 420 g/mol. The SMILES string of the molecule is Cc1cccc(S(=O)(=O)NS(=O)(=O)c2ccccc2N/N=C(\C#N)C(=N)N)c1. The smallest absolute Gasteiger partial charge is 0.255 e. The number of benzene rings is 2. The van der Waals surface area contributed by atoms with E-state index in [0.717, 1.165) is 6.07 Å². The maximum absolute atomic E-state index is 12.7. The quantitative estimate of drug-likeness (QED) is 0.292. The van der Waals surface area contributed by atoms with Gasteiger partial charge in [-0.15, -0.1) is 4.13 Å². The lowest BCUT2D eigenvalue weighted by Gasteiger charge is -2.12. The Bertz CT molecular complexity index is 1200. The summed E-state index contributed by atoms with van der Waals surface area (Å²) in [5.41, 5.74) is 7.56. The molecule has 10 nitrogen and oxygen atoms in total. The van der Waals surface area contributed by atoms with Crippen LogP contribution in [-0.2, 0) is 20.0 Å². The third-order valence-corrected chi connectivity index (χ3v) is 6.91. The molecule has 2 rings (SSSR count). The number of para-hydroxylation sites is 1. The van der Waals surface area contributed by atoms with Gasteiger partial charge in [0.25, 0.3) is 20.0 Å². The highest BCUT2D eigenvalue weighted by Gasteiger charge is 2.26. The number of nitrogens with zero attached hydrogens (tertiary/aromatic N) is 2. The van der Waals surface area contributed by atoms with Crippen molar-refractivity contribution in [3.8, 4) is 6.07 Å². The highest BCUT2D eigenvalue weighted by molar-refractivity contribution is 8.04. The zero-order valence-corrected chi connectivity index (χ0v) is 16.2. The molecular weight excluding hydrogens is 404 g/mol. The monoisotopic (exact) mass is 420 g/mol. The third-order valence-electron chi connectivity index (χ3n) is 3.35. The largest absolute Gasteiger partial charge is 0.382 e. The molecule has 28 heavy (non-hydrogen) atoms. The minimum Gasteiger partial charge on any atom is -0.382 e. The van der Waals surface area contributed by atoms with Gasteiger partial charge in [0.1, 0.15) is 11.0 Å². The predicted octanol–water partition coefficient (Wildman–Crippen LogP) is 0.890. The molecule has 0 aliphatic carbocycles. The van der Waals surface area contributed by atoms with E-state index in [2.05, 4.69) is 10.5 Å². The molecule has 5 N–H and O–H groups in total. The van der Waals surface area contributed by atoms with Gasteiger partial charge in [0.2, 0.25) is 5.71 Å². The molecule has 0 bridgehead atoms. The summed E-state index contributed by atoms with van der Waals surface area (Å²) in [7, 11) is -8.88. The van der Waals surface area contributed by atoms with Gasteiger partial charge in [-0.05, 0) is 36.8 Å². The Labute approximate surface area is 162 Å². The number of hydrazone groups is 1. The predicted molar refractivity (Wildman–Crippen MR) is 104 cm³/mol. The molecule has 2 aromatic rings. The third kappa shape index (κ3) is 4.92. The first kappa shape index (κ1) is 21.0. The molecule has 0 aliphatic heterocycles. The summed E-state index contributed by atoms with van der Waals surface area (Å²) in [5.74, 6) is -0.615. The van der Waals surface area contributed by atoms with Crippen molar-refractivity contribution < 1.29 is 16.8 Å². The Balaban J connectivity index is 2.42. The van der Waals surface area contributed by atoms with Crippen LogP contribution in [0.5, 0.6) is 0 Å². The molecule has 0 spiro atoms.